The molecule has 1 heterocycles. The average Bonchev–Trinajstić information content (AvgIpc) is 2.88. The van der Waals surface area contributed by atoms with Crippen LogP contribution in [0.4, 0.5) is 10.5 Å². The summed E-state index contributed by atoms with van der Waals surface area (Å²) in [5, 5.41) is 0.102. The van der Waals surface area contributed by atoms with Gasteiger partial charge in [0.25, 0.3) is 5.24 Å². The van der Waals surface area contributed by atoms with Gasteiger partial charge in [-0.15, -0.1) is 6.42 Å². The molecule has 1 atom stereocenters. The molecule has 0 unspecified atom stereocenters. The van der Waals surface area contributed by atoms with Gasteiger partial charge in [-0.2, -0.15) is 0 Å². The molecule has 1 aliphatic heterocycles. The van der Waals surface area contributed by atoms with E-state index in [0.29, 0.717) is 38.5 Å². The van der Waals surface area contributed by atoms with Crippen LogP contribution in [-0.4, -0.2) is 23.0 Å². The van der Waals surface area contributed by atoms with Crippen molar-refractivity contribution in [1.29, 1.82) is 0 Å². The molecule has 0 aliphatic carbocycles. The largest absolute Gasteiger partial charge is 0.478 e. The number of anilines is 1. The lowest BCUT2D eigenvalue weighted by Crippen LogP contribution is -2.32. The predicted molar refractivity (Wildman–Crippen MR) is 110 cm³/mol. The van der Waals surface area contributed by atoms with E-state index in [1.165, 1.54) is 0 Å². The zero-order chi connectivity index (χ0) is 19.6. The maximum atomic E-state index is 12.7. The number of hydrogen-bond acceptors (Lipinski definition) is 4. The van der Waals surface area contributed by atoms with Crippen molar-refractivity contribution in [2.75, 3.05) is 11.5 Å². The molecule has 27 heavy (non-hydrogen) atoms. The van der Waals surface area contributed by atoms with E-state index < -0.39 is 5.25 Å². The Bertz CT molecular complexity index is 934. The number of carbonyl (C=O) groups is 2. The van der Waals surface area contributed by atoms with Gasteiger partial charge in [0.15, 0.2) is 5.75 Å². The third kappa shape index (κ3) is 4.36. The number of ether oxygens (including phenoxy) is 1. The smallest absolute Gasteiger partial charge is 0.293 e. The number of nitrogens with zero attached hydrogens (tertiary/aromatic N) is 1. The lowest BCUT2D eigenvalue weighted by Gasteiger charge is -2.15. The highest BCUT2D eigenvalue weighted by Crippen LogP contribution is 2.38. The fraction of sp³-hybridized carbons (Fsp3) is 0.158. The Morgan fingerprint density at radius 1 is 1.15 bits per heavy atom. The zero-order valence-electron chi connectivity index (χ0n) is 13.7. The third-order valence-corrected chi connectivity index (χ3v) is 5.60. The van der Waals surface area contributed by atoms with Gasteiger partial charge in [-0.05, 0) is 42.3 Å². The summed E-state index contributed by atoms with van der Waals surface area (Å²) in [6.07, 6.45) is 5.46. The van der Waals surface area contributed by atoms with Crippen LogP contribution in [0.15, 0.2) is 36.4 Å². The van der Waals surface area contributed by atoms with E-state index >= 15 is 0 Å². The standard InChI is InChI=1S/C19H12Cl3NO3S/c1-2-6-26-17-14(21)7-11(8-15(17)22)9-16-18(24)23(19(25)27-16)13-5-3-4-12(20)10-13/h1,3-5,7-8,10,16H,6,9H2/t16-/m1/s1. The van der Waals surface area contributed by atoms with Gasteiger partial charge in [0, 0.05) is 5.02 Å². The highest BCUT2D eigenvalue weighted by molar-refractivity contribution is 8.15. The van der Waals surface area contributed by atoms with Crippen molar-refractivity contribution in [3.05, 3.63) is 57.0 Å². The Labute approximate surface area is 175 Å². The molecule has 0 radical (unpaired) electrons. The Balaban J connectivity index is 1.80. The van der Waals surface area contributed by atoms with E-state index in [4.69, 9.17) is 46.0 Å². The molecule has 1 aliphatic rings. The Hall–Kier alpha value is -1.84. The van der Waals surface area contributed by atoms with Crippen LogP contribution in [0.25, 0.3) is 0 Å². The molecule has 0 spiro atoms. The number of terminal acetylenes is 1. The second kappa shape index (κ2) is 8.45. The summed E-state index contributed by atoms with van der Waals surface area (Å²) in [4.78, 5) is 26.2. The summed E-state index contributed by atoms with van der Waals surface area (Å²) >= 11 is 19.3. The SMILES string of the molecule is C#CCOc1c(Cl)cc(C[C@H]2SC(=O)N(c3cccc(Cl)c3)C2=O)cc1Cl. The summed E-state index contributed by atoms with van der Waals surface area (Å²) in [6.45, 7) is 0.0405. The Morgan fingerprint density at radius 2 is 1.85 bits per heavy atom. The molecule has 138 valence electrons. The number of thioether (sulfide) groups is 1. The van der Waals surface area contributed by atoms with E-state index in [1.807, 2.05) is 0 Å². The van der Waals surface area contributed by atoms with Gasteiger partial charge in [0.05, 0.1) is 21.0 Å². The van der Waals surface area contributed by atoms with Crippen LogP contribution in [0.2, 0.25) is 15.1 Å². The number of benzene rings is 2. The summed E-state index contributed by atoms with van der Waals surface area (Å²) in [5.41, 5.74) is 1.16. The molecule has 0 N–H and O–H groups in total. The minimum Gasteiger partial charge on any atom is -0.478 e. The lowest BCUT2D eigenvalue weighted by molar-refractivity contribution is -0.117. The quantitative estimate of drug-likeness (QED) is 0.578. The first kappa shape index (κ1) is 19.9. The summed E-state index contributed by atoms with van der Waals surface area (Å²) in [6, 6.07) is 9.90. The van der Waals surface area contributed by atoms with Crippen molar-refractivity contribution in [3.63, 3.8) is 0 Å². The molecular formula is C19H12Cl3NO3S. The number of hydrogen-bond donors (Lipinski definition) is 0. The first-order valence-corrected chi connectivity index (χ1v) is 9.76. The Kier molecular flexibility index (Phi) is 6.23. The van der Waals surface area contributed by atoms with Crippen LogP contribution < -0.4 is 9.64 Å². The highest BCUT2D eigenvalue weighted by Gasteiger charge is 2.40. The van der Waals surface area contributed by atoms with Crippen LogP contribution in [-0.2, 0) is 11.2 Å². The van der Waals surface area contributed by atoms with Crippen LogP contribution in [0.5, 0.6) is 5.75 Å². The number of rotatable bonds is 5. The van der Waals surface area contributed by atoms with Crippen molar-refractivity contribution in [2.45, 2.75) is 11.7 Å². The van der Waals surface area contributed by atoms with Gasteiger partial charge in [0.1, 0.15) is 6.61 Å². The van der Waals surface area contributed by atoms with Crippen molar-refractivity contribution in [1.82, 2.24) is 0 Å². The minimum absolute atomic E-state index is 0.0405. The van der Waals surface area contributed by atoms with Gasteiger partial charge >= 0.3 is 0 Å². The first-order valence-electron chi connectivity index (χ1n) is 7.75. The monoisotopic (exact) mass is 439 g/mol. The fourth-order valence-corrected chi connectivity index (χ4v) is 4.48. The Morgan fingerprint density at radius 3 is 2.48 bits per heavy atom. The van der Waals surface area contributed by atoms with Crippen LogP contribution >= 0.6 is 46.6 Å². The molecule has 0 saturated carbocycles. The molecule has 2 amide bonds. The lowest BCUT2D eigenvalue weighted by atomic mass is 10.1. The second-order valence-corrected chi connectivity index (χ2v) is 8.02. The molecule has 1 saturated heterocycles. The third-order valence-electron chi connectivity index (χ3n) is 3.77. The number of carbonyl (C=O) groups excluding carboxylic acids is 2. The maximum absolute atomic E-state index is 12.7. The molecular weight excluding hydrogens is 429 g/mol. The predicted octanol–water partition coefficient (Wildman–Crippen LogP) is 5.47. The van der Waals surface area contributed by atoms with E-state index in [2.05, 4.69) is 5.92 Å². The number of imide groups is 1. The summed E-state index contributed by atoms with van der Waals surface area (Å²) in [5.74, 6) is 2.32. The minimum atomic E-state index is -0.582. The summed E-state index contributed by atoms with van der Waals surface area (Å²) in [7, 11) is 0. The fourth-order valence-electron chi connectivity index (χ4n) is 2.63. The molecule has 8 heteroatoms. The molecule has 1 fully saturated rings. The van der Waals surface area contributed by atoms with Crippen molar-refractivity contribution in [3.8, 4) is 18.1 Å². The average molecular weight is 441 g/mol. The number of halogens is 3. The molecule has 3 rings (SSSR count). The van der Waals surface area contributed by atoms with Crippen LogP contribution in [0, 0.1) is 12.3 Å². The maximum Gasteiger partial charge on any atom is 0.293 e. The van der Waals surface area contributed by atoms with Crippen molar-refractivity contribution >= 4 is 63.4 Å². The van der Waals surface area contributed by atoms with Gasteiger partial charge in [-0.1, -0.05) is 58.6 Å². The van der Waals surface area contributed by atoms with Crippen molar-refractivity contribution < 1.29 is 14.3 Å². The van der Waals surface area contributed by atoms with Crippen molar-refractivity contribution in [2.24, 2.45) is 0 Å². The van der Waals surface area contributed by atoms with Gasteiger partial charge in [-0.3, -0.25) is 9.59 Å². The van der Waals surface area contributed by atoms with E-state index in [-0.39, 0.29) is 17.8 Å². The van der Waals surface area contributed by atoms with E-state index in [0.717, 1.165) is 16.7 Å². The topological polar surface area (TPSA) is 46.6 Å². The first-order chi connectivity index (χ1) is 12.9. The second-order valence-electron chi connectivity index (χ2n) is 5.61. The molecule has 0 bridgehead atoms. The van der Waals surface area contributed by atoms with E-state index in [1.54, 1.807) is 36.4 Å². The normalized spacial score (nSPS) is 16.5. The summed E-state index contributed by atoms with van der Waals surface area (Å²) < 4.78 is 5.32. The molecule has 0 aromatic heterocycles. The van der Waals surface area contributed by atoms with E-state index in [9.17, 15) is 9.59 Å². The van der Waals surface area contributed by atoms with Crippen LogP contribution in [0.3, 0.4) is 0 Å². The zero-order valence-corrected chi connectivity index (χ0v) is 16.8. The molecule has 2 aromatic carbocycles. The molecule has 2 aromatic rings. The number of amides is 2. The van der Waals surface area contributed by atoms with Crippen LogP contribution in [0.1, 0.15) is 5.56 Å². The molecule has 4 nitrogen and oxygen atoms in total. The van der Waals surface area contributed by atoms with Gasteiger partial charge in [-0.25, -0.2) is 4.90 Å². The van der Waals surface area contributed by atoms with Gasteiger partial charge < -0.3 is 4.74 Å². The van der Waals surface area contributed by atoms with Gasteiger partial charge in [0.2, 0.25) is 5.91 Å². The highest BCUT2D eigenvalue weighted by atomic mass is 35.5.